The van der Waals surface area contributed by atoms with Gasteiger partial charge in [-0.15, -0.1) is 0 Å². The van der Waals surface area contributed by atoms with E-state index < -0.39 is 0 Å². The lowest BCUT2D eigenvalue weighted by molar-refractivity contribution is 0.0221. The number of hydrogen-bond donors (Lipinski definition) is 0. The van der Waals surface area contributed by atoms with Crippen molar-refractivity contribution in [3.8, 4) is 11.6 Å². The Labute approximate surface area is 157 Å². The van der Waals surface area contributed by atoms with Gasteiger partial charge in [-0.3, -0.25) is 9.47 Å². The van der Waals surface area contributed by atoms with Crippen molar-refractivity contribution in [1.29, 1.82) is 0 Å². The fourth-order valence-corrected chi connectivity index (χ4v) is 3.79. The molecule has 3 nitrogen and oxygen atoms in total. The fourth-order valence-electron chi connectivity index (χ4n) is 3.62. The van der Waals surface area contributed by atoms with Crippen LogP contribution in [-0.2, 0) is 0 Å². The first-order valence-corrected chi connectivity index (χ1v) is 9.47. The van der Waals surface area contributed by atoms with Crippen molar-refractivity contribution in [3.63, 3.8) is 0 Å². The third kappa shape index (κ3) is 3.44. The van der Waals surface area contributed by atoms with Gasteiger partial charge in [0.25, 0.3) is 0 Å². The Morgan fingerprint density at radius 2 is 1.73 bits per heavy atom. The van der Waals surface area contributed by atoms with E-state index in [0.29, 0.717) is 5.02 Å². The van der Waals surface area contributed by atoms with Crippen molar-refractivity contribution in [3.05, 3.63) is 59.4 Å². The number of ether oxygens (including phenoxy) is 1. The van der Waals surface area contributed by atoms with Crippen molar-refractivity contribution < 1.29 is 9.13 Å². The van der Waals surface area contributed by atoms with Crippen LogP contribution >= 0.6 is 11.6 Å². The van der Waals surface area contributed by atoms with Gasteiger partial charge in [-0.25, -0.2) is 4.39 Å². The van der Waals surface area contributed by atoms with Gasteiger partial charge >= 0.3 is 0 Å². The topological polar surface area (TPSA) is 17.4 Å². The minimum absolute atomic E-state index is 0.0192. The molecule has 0 bridgehead atoms. The SMILES string of the molecule is CC(Oc1cc2ccc(Cl)cc2n1-c1ccc(F)cc1)N1CCCCC1. The van der Waals surface area contributed by atoms with E-state index in [-0.39, 0.29) is 12.0 Å². The molecular weight excluding hydrogens is 351 g/mol. The van der Waals surface area contributed by atoms with Crippen LogP contribution in [0.5, 0.6) is 5.88 Å². The minimum atomic E-state index is -0.257. The summed E-state index contributed by atoms with van der Waals surface area (Å²) in [5.41, 5.74) is 1.80. The molecule has 1 saturated heterocycles. The highest BCUT2D eigenvalue weighted by molar-refractivity contribution is 6.31. The zero-order valence-electron chi connectivity index (χ0n) is 14.8. The van der Waals surface area contributed by atoms with Crippen LogP contribution in [0.1, 0.15) is 26.2 Å². The third-order valence-corrected chi connectivity index (χ3v) is 5.25. The molecule has 1 aliphatic rings. The predicted molar refractivity (Wildman–Crippen MR) is 104 cm³/mol. The second kappa shape index (κ2) is 7.29. The lowest BCUT2D eigenvalue weighted by Crippen LogP contribution is -2.41. The number of likely N-dealkylation sites (tertiary alicyclic amines) is 1. The van der Waals surface area contributed by atoms with Crippen molar-refractivity contribution in [2.45, 2.75) is 32.4 Å². The maximum absolute atomic E-state index is 13.4. The fraction of sp³-hybridized carbons (Fsp3) is 0.333. The first kappa shape index (κ1) is 17.4. The van der Waals surface area contributed by atoms with Crippen LogP contribution in [0, 0.1) is 5.82 Å². The Morgan fingerprint density at radius 3 is 2.46 bits per heavy atom. The van der Waals surface area contributed by atoms with Gasteiger partial charge in [-0.05, 0) is 56.2 Å². The summed E-state index contributed by atoms with van der Waals surface area (Å²) in [5, 5.41) is 1.70. The summed E-state index contributed by atoms with van der Waals surface area (Å²) in [6.45, 7) is 4.21. The van der Waals surface area contributed by atoms with E-state index in [2.05, 4.69) is 11.8 Å². The lowest BCUT2D eigenvalue weighted by atomic mass is 10.1. The highest BCUT2D eigenvalue weighted by atomic mass is 35.5. The summed E-state index contributed by atoms with van der Waals surface area (Å²) < 4.78 is 21.7. The van der Waals surface area contributed by atoms with E-state index in [1.54, 1.807) is 12.1 Å². The molecule has 1 fully saturated rings. The monoisotopic (exact) mass is 372 g/mol. The number of rotatable bonds is 4. The summed E-state index contributed by atoms with van der Waals surface area (Å²) in [6.07, 6.45) is 3.70. The number of halogens is 2. The average Bonchev–Trinajstić information content (AvgIpc) is 3.00. The van der Waals surface area contributed by atoms with Crippen molar-refractivity contribution in [2.24, 2.45) is 0 Å². The van der Waals surface area contributed by atoms with Crippen LogP contribution in [0.3, 0.4) is 0 Å². The van der Waals surface area contributed by atoms with Gasteiger partial charge in [0.05, 0.1) is 5.52 Å². The molecule has 4 rings (SSSR count). The molecule has 0 saturated carbocycles. The van der Waals surface area contributed by atoms with Crippen molar-refractivity contribution >= 4 is 22.5 Å². The zero-order chi connectivity index (χ0) is 18.1. The van der Waals surface area contributed by atoms with Gasteiger partial charge in [0.1, 0.15) is 5.82 Å². The summed E-state index contributed by atoms with van der Waals surface area (Å²) in [7, 11) is 0. The summed E-state index contributed by atoms with van der Waals surface area (Å²) in [5.74, 6) is 0.486. The molecule has 2 heterocycles. The zero-order valence-corrected chi connectivity index (χ0v) is 15.5. The Balaban J connectivity index is 1.75. The van der Waals surface area contributed by atoms with Crippen LogP contribution in [-0.4, -0.2) is 28.8 Å². The quantitative estimate of drug-likeness (QED) is 0.590. The molecule has 0 spiro atoms. The number of hydrogen-bond acceptors (Lipinski definition) is 2. The molecule has 0 radical (unpaired) electrons. The molecule has 0 amide bonds. The second-order valence-corrected chi connectivity index (χ2v) is 7.25. The molecule has 0 aliphatic carbocycles. The molecule has 5 heteroatoms. The number of fused-ring (bicyclic) bond motifs is 1. The molecule has 0 N–H and O–H groups in total. The smallest absolute Gasteiger partial charge is 0.200 e. The van der Waals surface area contributed by atoms with Gasteiger partial charge < -0.3 is 4.74 Å². The predicted octanol–water partition coefficient (Wildman–Crippen LogP) is 5.63. The lowest BCUT2D eigenvalue weighted by Gasteiger charge is -2.32. The van der Waals surface area contributed by atoms with Gasteiger partial charge in [0.2, 0.25) is 5.88 Å². The van der Waals surface area contributed by atoms with Crippen LogP contribution in [0.15, 0.2) is 48.5 Å². The number of aromatic nitrogens is 1. The van der Waals surface area contributed by atoms with E-state index in [0.717, 1.165) is 35.6 Å². The molecule has 1 aliphatic heterocycles. The minimum Gasteiger partial charge on any atom is -0.460 e. The summed E-state index contributed by atoms with van der Waals surface area (Å²) in [4.78, 5) is 2.36. The van der Waals surface area contributed by atoms with Gasteiger partial charge in [-0.1, -0.05) is 24.1 Å². The molecule has 2 aromatic carbocycles. The summed E-state index contributed by atoms with van der Waals surface area (Å²) >= 11 is 6.22. The van der Waals surface area contributed by atoms with Crippen LogP contribution in [0.25, 0.3) is 16.6 Å². The van der Waals surface area contributed by atoms with E-state index in [1.165, 1.54) is 31.4 Å². The molecule has 1 unspecified atom stereocenters. The molecule has 1 atom stereocenters. The second-order valence-electron chi connectivity index (χ2n) is 6.81. The first-order chi connectivity index (χ1) is 12.6. The number of benzene rings is 2. The van der Waals surface area contributed by atoms with Gasteiger partial charge in [0.15, 0.2) is 6.23 Å². The summed E-state index contributed by atoms with van der Waals surface area (Å²) in [6, 6.07) is 14.2. The number of nitrogens with zero attached hydrogens (tertiary/aromatic N) is 2. The number of piperidine rings is 1. The average molecular weight is 373 g/mol. The Hall–Kier alpha value is -2.04. The highest BCUT2D eigenvalue weighted by Gasteiger charge is 2.21. The van der Waals surface area contributed by atoms with Crippen LogP contribution in [0.2, 0.25) is 5.02 Å². The Morgan fingerprint density at radius 1 is 1.00 bits per heavy atom. The van der Waals surface area contributed by atoms with E-state index in [1.807, 2.05) is 28.8 Å². The standard InChI is InChI=1S/C21H22ClFN2O/c1-15(24-11-3-2-4-12-24)26-21-13-16-5-6-17(22)14-20(16)25(21)19-9-7-18(23)8-10-19/h5-10,13-15H,2-4,11-12H2,1H3. The Kier molecular flexibility index (Phi) is 4.88. The van der Waals surface area contributed by atoms with Crippen LogP contribution < -0.4 is 4.74 Å². The third-order valence-electron chi connectivity index (χ3n) is 5.01. The van der Waals surface area contributed by atoms with Gasteiger partial charge in [0, 0.05) is 35.3 Å². The highest BCUT2D eigenvalue weighted by Crippen LogP contribution is 2.32. The maximum atomic E-state index is 13.4. The first-order valence-electron chi connectivity index (χ1n) is 9.09. The Bertz CT molecular complexity index is 900. The molecule has 1 aromatic heterocycles. The van der Waals surface area contributed by atoms with Crippen LogP contribution in [0.4, 0.5) is 4.39 Å². The van der Waals surface area contributed by atoms with Crippen molar-refractivity contribution in [2.75, 3.05) is 13.1 Å². The normalized spacial score (nSPS) is 16.7. The van der Waals surface area contributed by atoms with E-state index in [4.69, 9.17) is 16.3 Å². The maximum Gasteiger partial charge on any atom is 0.200 e. The molecule has 3 aromatic rings. The van der Waals surface area contributed by atoms with E-state index >= 15 is 0 Å². The molecular formula is C21H22ClFN2O. The van der Waals surface area contributed by atoms with Gasteiger partial charge in [-0.2, -0.15) is 0 Å². The van der Waals surface area contributed by atoms with Crippen molar-refractivity contribution in [1.82, 2.24) is 9.47 Å². The van der Waals surface area contributed by atoms with E-state index in [9.17, 15) is 4.39 Å². The largest absolute Gasteiger partial charge is 0.460 e. The molecule has 136 valence electrons. The molecule has 26 heavy (non-hydrogen) atoms.